The van der Waals surface area contributed by atoms with Gasteiger partial charge in [0.25, 0.3) is 0 Å². The van der Waals surface area contributed by atoms with Gasteiger partial charge in [0.05, 0.1) is 0 Å². The van der Waals surface area contributed by atoms with Crippen LogP contribution in [0, 0.1) is 0 Å². The molecule has 0 heterocycles. The summed E-state index contributed by atoms with van der Waals surface area (Å²) in [6, 6.07) is 8.89. The van der Waals surface area contributed by atoms with E-state index >= 15 is 0 Å². The molecule has 0 spiro atoms. The Balaban J connectivity index is 2.83. The molecule has 0 aliphatic heterocycles. The first-order valence-corrected chi connectivity index (χ1v) is 4.33. The lowest BCUT2D eigenvalue weighted by Gasteiger charge is -2.04. The number of rotatable bonds is 2. The largest absolute Gasteiger partial charge is 0.107 e. The van der Waals surface area contributed by atoms with Crippen LogP contribution in [0.25, 0.3) is 0 Å². The molecule has 1 heteroatoms. The van der Waals surface area contributed by atoms with E-state index in [1.807, 2.05) is 0 Å². The fourth-order valence-corrected chi connectivity index (χ4v) is 1.14. The van der Waals surface area contributed by atoms with Gasteiger partial charge in [0.2, 0.25) is 0 Å². The van der Waals surface area contributed by atoms with Crippen molar-refractivity contribution < 1.29 is 0 Å². The van der Waals surface area contributed by atoms with Gasteiger partial charge in [0, 0.05) is 0 Å². The van der Waals surface area contributed by atoms with Gasteiger partial charge in [-0.25, -0.2) is 0 Å². The molecular formula is C10H15B. The minimum absolute atomic E-state index is 0.654. The van der Waals surface area contributed by atoms with E-state index in [0.29, 0.717) is 5.92 Å². The van der Waals surface area contributed by atoms with E-state index in [1.54, 1.807) is 0 Å². The third kappa shape index (κ3) is 2.11. The summed E-state index contributed by atoms with van der Waals surface area (Å²) in [6.45, 7) is 4.45. The number of benzene rings is 1. The summed E-state index contributed by atoms with van der Waals surface area (Å²) in [4.78, 5) is 0. The second kappa shape index (κ2) is 3.61. The highest BCUT2D eigenvalue weighted by molar-refractivity contribution is 6.08. The lowest BCUT2D eigenvalue weighted by atomic mass is 9.94. The first-order valence-electron chi connectivity index (χ1n) is 4.33. The smallest absolute Gasteiger partial charge is 0.0595 e. The van der Waals surface area contributed by atoms with E-state index in [0.717, 1.165) is 6.32 Å². The lowest BCUT2D eigenvalue weighted by molar-refractivity contribution is 0.866. The normalized spacial score (nSPS) is 10.5. The maximum atomic E-state index is 2.23. The van der Waals surface area contributed by atoms with E-state index in [4.69, 9.17) is 0 Å². The third-order valence-electron chi connectivity index (χ3n) is 2.05. The Hall–Kier alpha value is -0.715. The molecule has 0 aromatic heterocycles. The summed E-state index contributed by atoms with van der Waals surface area (Å²) in [5.74, 6) is 0.654. The summed E-state index contributed by atoms with van der Waals surface area (Å²) in [5, 5.41) is 0. The molecule has 0 aliphatic rings. The Morgan fingerprint density at radius 1 is 1.18 bits per heavy atom. The van der Waals surface area contributed by atoms with Crippen LogP contribution in [-0.4, -0.2) is 7.85 Å². The fraction of sp³-hybridized carbons (Fsp3) is 0.400. The summed E-state index contributed by atoms with van der Waals surface area (Å²) < 4.78 is 0. The molecule has 1 aromatic carbocycles. The molecule has 0 saturated carbocycles. The quantitative estimate of drug-likeness (QED) is 0.559. The van der Waals surface area contributed by atoms with Crippen molar-refractivity contribution in [1.29, 1.82) is 0 Å². The van der Waals surface area contributed by atoms with Crippen LogP contribution in [0.15, 0.2) is 24.3 Å². The van der Waals surface area contributed by atoms with Crippen molar-refractivity contribution in [2.45, 2.75) is 26.1 Å². The maximum absolute atomic E-state index is 2.23. The van der Waals surface area contributed by atoms with Gasteiger partial charge in [-0.1, -0.05) is 50.0 Å². The van der Waals surface area contributed by atoms with Gasteiger partial charge < -0.3 is 0 Å². The molecule has 1 aromatic rings. The molecule has 0 amide bonds. The highest BCUT2D eigenvalue weighted by Gasteiger charge is 1.96. The summed E-state index contributed by atoms with van der Waals surface area (Å²) in [6.07, 6.45) is 1.14. The molecule has 0 N–H and O–H groups in total. The highest BCUT2D eigenvalue weighted by Crippen LogP contribution is 2.14. The van der Waals surface area contributed by atoms with Gasteiger partial charge >= 0.3 is 0 Å². The second-order valence-corrected chi connectivity index (χ2v) is 3.25. The Bertz CT molecular complexity index is 211. The van der Waals surface area contributed by atoms with Crippen LogP contribution in [0.4, 0.5) is 0 Å². The Labute approximate surface area is 70.0 Å². The zero-order chi connectivity index (χ0) is 8.27. The van der Waals surface area contributed by atoms with Crippen molar-refractivity contribution in [3.8, 4) is 0 Å². The summed E-state index contributed by atoms with van der Waals surface area (Å²) in [5.41, 5.74) is 2.86. The topological polar surface area (TPSA) is 0 Å². The molecule has 0 saturated heterocycles. The zero-order valence-corrected chi connectivity index (χ0v) is 7.59. The van der Waals surface area contributed by atoms with E-state index in [-0.39, 0.29) is 0 Å². The lowest BCUT2D eigenvalue weighted by Crippen LogP contribution is -1.88. The van der Waals surface area contributed by atoms with Gasteiger partial charge in [-0.3, -0.25) is 0 Å². The van der Waals surface area contributed by atoms with Crippen LogP contribution in [0.5, 0.6) is 0 Å². The summed E-state index contributed by atoms with van der Waals surface area (Å²) >= 11 is 0. The predicted molar refractivity (Wildman–Crippen MR) is 52.8 cm³/mol. The van der Waals surface area contributed by atoms with Crippen molar-refractivity contribution in [1.82, 2.24) is 0 Å². The average molecular weight is 146 g/mol. The Morgan fingerprint density at radius 3 is 2.09 bits per heavy atom. The van der Waals surface area contributed by atoms with Crippen LogP contribution in [-0.2, 0) is 6.32 Å². The SMILES string of the molecule is BCc1ccc(C(C)C)cc1. The van der Waals surface area contributed by atoms with E-state index in [1.165, 1.54) is 11.1 Å². The molecule has 0 atom stereocenters. The Morgan fingerprint density at radius 2 is 1.73 bits per heavy atom. The van der Waals surface area contributed by atoms with Gasteiger partial charge in [-0.15, -0.1) is 0 Å². The standard InChI is InChI=1S/C10H15B/c1-8(2)10-5-3-9(7-11)4-6-10/h3-6,8H,7,11H2,1-2H3. The van der Waals surface area contributed by atoms with Crippen molar-refractivity contribution in [3.05, 3.63) is 35.4 Å². The number of hydrogen-bond acceptors (Lipinski definition) is 0. The van der Waals surface area contributed by atoms with Crippen molar-refractivity contribution >= 4 is 7.85 Å². The average Bonchev–Trinajstić information content (AvgIpc) is 2.05. The van der Waals surface area contributed by atoms with Crippen molar-refractivity contribution in [3.63, 3.8) is 0 Å². The van der Waals surface area contributed by atoms with E-state index < -0.39 is 0 Å². The van der Waals surface area contributed by atoms with Crippen LogP contribution in [0.1, 0.15) is 30.9 Å². The molecule has 1 rings (SSSR count). The maximum Gasteiger partial charge on any atom is 0.107 e. The predicted octanol–water partition coefficient (Wildman–Crippen LogP) is 1.94. The monoisotopic (exact) mass is 146 g/mol. The van der Waals surface area contributed by atoms with Crippen LogP contribution in [0.3, 0.4) is 0 Å². The van der Waals surface area contributed by atoms with Crippen molar-refractivity contribution in [2.75, 3.05) is 0 Å². The molecular weight excluding hydrogens is 131 g/mol. The van der Waals surface area contributed by atoms with E-state index in [9.17, 15) is 0 Å². The van der Waals surface area contributed by atoms with Gasteiger partial charge in [0.1, 0.15) is 7.85 Å². The highest BCUT2D eigenvalue weighted by atomic mass is 14.0. The van der Waals surface area contributed by atoms with Gasteiger partial charge in [0.15, 0.2) is 0 Å². The molecule has 0 fully saturated rings. The molecule has 0 bridgehead atoms. The van der Waals surface area contributed by atoms with E-state index in [2.05, 4.69) is 46.0 Å². The number of hydrogen-bond donors (Lipinski definition) is 0. The van der Waals surface area contributed by atoms with Gasteiger partial charge in [-0.2, -0.15) is 0 Å². The minimum atomic E-state index is 0.654. The van der Waals surface area contributed by atoms with Crippen LogP contribution < -0.4 is 0 Å². The van der Waals surface area contributed by atoms with Crippen LogP contribution in [0.2, 0.25) is 0 Å². The molecule has 11 heavy (non-hydrogen) atoms. The van der Waals surface area contributed by atoms with Crippen molar-refractivity contribution in [2.24, 2.45) is 0 Å². The molecule has 58 valence electrons. The first-order chi connectivity index (χ1) is 5.24. The summed E-state index contributed by atoms with van der Waals surface area (Å²) in [7, 11) is 2.18. The molecule has 0 aliphatic carbocycles. The minimum Gasteiger partial charge on any atom is -0.0595 e. The molecule has 0 nitrogen and oxygen atoms in total. The second-order valence-electron chi connectivity index (χ2n) is 3.25. The first kappa shape index (κ1) is 8.38. The van der Waals surface area contributed by atoms with Gasteiger partial charge in [-0.05, 0) is 11.5 Å². The zero-order valence-electron chi connectivity index (χ0n) is 7.59. The molecule has 0 radical (unpaired) electrons. The van der Waals surface area contributed by atoms with Crippen LogP contribution >= 0.6 is 0 Å². The molecule has 0 unspecified atom stereocenters. The fourth-order valence-electron chi connectivity index (χ4n) is 1.14. The third-order valence-corrected chi connectivity index (χ3v) is 2.05. The Kier molecular flexibility index (Phi) is 2.75.